The van der Waals surface area contributed by atoms with Gasteiger partial charge in [-0.05, 0) is 55.5 Å². The molecule has 0 saturated heterocycles. The molecular weight excluding hydrogens is 302 g/mol. The highest BCUT2D eigenvalue weighted by Crippen LogP contribution is 2.40. The van der Waals surface area contributed by atoms with Crippen LogP contribution < -0.4 is 10.1 Å². The Hall–Kier alpha value is -2.62. The average molecular weight is 323 g/mol. The van der Waals surface area contributed by atoms with Crippen LogP contribution in [0.15, 0.2) is 54.6 Å². The lowest BCUT2D eigenvalue weighted by molar-refractivity contribution is -0.124. The van der Waals surface area contributed by atoms with Crippen molar-refractivity contribution in [2.45, 2.75) is 25.8 Å². The third kappa shape index (κ3) is 4.22. The minimum Gasteiger partial charge on any atom is -0.484 e. The van der Waals surface area contributed by atoms with E-state index in [1.807, 2.05) is 30.3 Å². The molecule has 124 valence electrons. The van der Waals surface area contributed by atoms with Crippen LogP contribution in [0.1, 0.15) is 41.7 Å². The second kappa shape index (κ2) is 7.30. The summed E-state index contributed by atoms with van der Waals surface area (Å²) in [7, 11) is 0. The summed E-state index contributed by atoms with van der Waals surface area (Å²) >= 11 is 0. The Labute approximate surface area is 141 Å². The number of Topliss-reactive ketones (excluding diaryl/α,β-unsaturated/α-hetero) is 1. The van der Waals surface area contributed by atoms with Gasteiger partial charge in [-0.25, -0.2) is 0 Å². The van der Waals surface area contributed by atoms with Gasteiger partial charge in [0.1, 0.15) is 5.75 Å². The summed E-state index contributed by atoms with van der Waals surface area (Å²) in [5, 5.41) is 3.08. The largest absolute Gasteiger partial charge is 0.484 e. The number of hydrogen-bond acceptors (Lipinski definition) is 3. The van der Waals surface area contributed by atoms with E-state index in [9.17, 15) is 9.59 Å². The molecule has 24 heavy (non-hydrogen) atoms. The van der Waals surface area contributed by atoms with Gasteiger partial charge in [0, 0.05) is 5.56 Å². The highest BCUT2D eigenvalue weighted by Gasteiger charge is 2.33. The molecule has 0 heterocycles. The minimum absolute atomic E-state index is 0.00873. The van der Waals surface area contributed by atoms with Crippen molar-refractivity contribution < 1.29 is 14.3 Å². The summed E-state index contributed by atoms with van der Waals surface area (Å²) in [5.41, 5.74) is 1.77. The Balaban J connectivity index is 1.55. The molecule has 0 spiro atoms. The Morgan fingerprint density at radius 1 is 1.08 bits per heavy atom. The molecule has 0 bridgehead atoms. The van der Waals surface area contributed by atoms with E-state index in [1.54, 1.807) is 24.3 Å². The Morgan fingerprint density at radius 2 is 1.75 bits per heavy atom. The molecule has 0 aromatic heterocycles. The summed E-state index contributed by atoms with van der Waals surface area (Å²) in [6.07, 6.45) is 2.29. The molecule has 1 amide bonds. The molecule has 1 atom stereocenters. The van der Waals surface area contributed by atoms with E-state index in [2.05, 4.69) is 5.32 Å². The normalized spacial score (nSPS) is 14.7. The van der Waals surface area contributed by atoms with Crippen LogP contribution in [-0.4, -0.2) is 18.3 Å². The number of hydrogen-bond donors (Lipinski definition) is 1. The van der Waals surface area contributed by atoms with Crippen LogP contribution in [0.3, 0.4) is 0 Å². The molecule has 1 saturated carbocycles. The van der Waals surface area contributed by atoms with Gasteiger partial charge in [0.25, 0.3) is 5.91 Å². The summed E-state index contributed by atoms with van der Waals surface area (Å²) < 4.78 is 5.52. The number of ether oxygens (including phenoxy) is 1. The maximum Gasteiger partial charge on any atom is 0.258 e. The molecule has 0 radical (unpaired) electrons. The quantitative estimate of drug-likeness (QED) is 0.793. The standard InChI is InChI=1S/C20H21NO3/c1-14(22)15-9-11-18(12-10-15)24-13-19(23)21-20(17-7-8-17)16-5-3-2-4-6-16/h2-6,9-12,17,20H,7-8,13H2,1H3,(H,21,23)/t20-/m0/s1. The van der Waals surface area contributed by atoms with E-state index in [4.69, 9.17) is 4.74 Å². The summed E-state index contributed by atoms with van der Waals surface area (Å²) in [6, 6.07) is 16.9. The van der Waals surface area contributed by atoms with Crippen LogP contribution >= 0.6 is 0 Å². The molecule has 1 aliphatic carbocycles. The first kappa shape index (κ1) is 16.2. The third-order valence-corrected chi connectivity index (χ3v) is 4.20. The van der Waals surface area contributed by atoms with Crippen molar-refractivity contribution in [3.63, 3.8) is 0 Å². The second-order valence-corrected chi connectivity index (χ2v) is 6.16. The number of ketones is 1. The number of benzene rings is 2. The Morgan fingerprint density at radius 3 is 2.33 bits per heavy atom. The molecule has 1 fully saturated rings. The van der Waals surface area contributed by atoms with Crippen LogP contribution in [0.5, 0.6) is 5.75 Å². The summed E-state index contributed by atoms with van der Waals surface area (Å²) in [6.45, 7) is 1.49. The van der Waals surface area contributed by atoms with Gasteiger partial charge in [-0.15, -0.1) is 0 Å². The maximum atomic E-state index is 12.2. The van der Waals surface area contributed by atoms with E-state index in [0.29, 0.717) is 17.2 Å². The van der Waals surface area contributed by atoms with E-state index in [1.165, 1.54) is 6.92 Å². The van der Waals surface area contributed by atoms with Crippen molar-refractivity contribution in [3.05, 3.63) is 65.7 Å². The number of rotatable bonds is 7. The predicted molar refractivity (Wildman–Crippen MR) is 92.0 cm³/mol. The van der Waals surface area contributed by atoms with Gasteiger partial charge in [-0.1, -0.05) is 30.3 Å². The van der Waals surface area contributed by atoms with Crippen molar-refractivity contribution in [2.75, 3.05) is 6.61 Å². The molecule has 2 aromatic carbocycles. The summed E-state index contributed by atoms with van der Waals surface area (Å²) in [5.74, 6) is 0.977. The van der Waals surface area contributed by atoms with Gasteiger partial charge in [0.05, 0.1) is 6.04 Å². The highest BCUT2D eigenvalue weighted by molar-refractivity contribution is 5.94. The van der Waals surface area contributed by atoms with Crippen LogP contribution in [0.2, 0.25) is 0 Å². The predicted octanol–water partition coefficient (Wildman–Crippen LogP) is 3.54. The Kier molecular flexibility index (Phi) is 4.94. The lowest BCUT2D eigenvalue weighted by Crippen LogP contribution is -2.33. The van der Waals surface area contributed by atoms with E-state index in [-0.39, 0.29) is 24.3 Å². The Bertz CT molecular complexity index is 705. The van der Waals surface area contributed by atoms with Crippen LogP contribution in [0.4, 0.5) is 0 Å². The SMILES string of the molecule is CC(=O)c1ccc(OCC(=O)N[C@@H](c2ccccc2)C2CC2)cc1. The molecule has 4 heteroatoms. The molecule has 2 aromatic rings. The first-order valence-electron chi connectivity index (χ1n) is 8.21. The van der Waals surface area contributed by atoms with Crippen molar-refractivity contribution in [1.29, 1.82) is 0 Å². The number of amides is 1. The van der Waals surface area contributed by atoms with E-state index < -0.39 is 0 Å². The van der Waals surface area contributed by atoms with Crippen molar-refractivity contribution in [2.24, 2.45) is 5.92 Å². The highest BCUT2D eigenvalue weighted by atomic mass is 16.5. The third-order valence-electron chi connectivity index (χ3n) is 4.20. The van der Waals surface area contributed by atoms with Crippen LogP contribution in [0.25, 0.3) is 0 Å². The van der Waals surface area contributed by atoms with Gasteiger partial charge in [-0.3, -0.25) is 9.59 Å². The lowest BCUT2D eigenvalue weighted by Gasteiger charge is -2.19. The first-order chi connectivity index (χ1) is 11.6. The summed E-state index contributed by atoms with van der Waals surface area (Å²) in [4.78, 5) is 23.5. The number of carbonyl (C=O) groups is 2. The van der Waals surface area contributed by atoms with Gasteiger partial charge < -0.3 is 10.1 Å². The molecule has 4 nitrogen and oxygen atoms in total. The van der Waals surface area contributed by atoms with Gasteiger partial charge in [0.15, 0.2) is 12.4 Å². The van der Waals surface area contributed by atoms with Gasteiger partial charge >= 0.3 is 0 Å². The molecule has 0 aliphatic heterocycles. The molecule has 0 unspecified atom stereocenters. The fourth-order valence-corrected chi connectivity index (χ4v) is 2.71. The second-order valence-electron chi connectivity index (χ2n) is 6.16. The van der Waals surface area contributed by atoms with Gasteiger partial charge in [0.2, 0.25) is 0 Å². The number of carbonyl (C=O) groups excluding carboxylic acids is 2. The average Bonchev–Trinajstić information content (AvgIpc) is 3.44. The van der Waals surface area contributed by atoms with Crippen LogP contribution in [-0.2, 0) is 4.79 Å². The monoisotopic (exact) mass is 323 g/mol. The zero-order chi connectivity index (χ0) is 16.9. The molecule has 3 rings (SSSR count). The zero-order valence-corrected chi connectivity index (χ0v) is 13.7. The van der Waals surface area contributed by atoms with E-state index >= 15 is 0 Å². The van der Waals surface area contributed by atoms with Crippen molar-refractivity contribution in [1.82, 2.24) is 5.32 Å². The topological polar surface area (TPSA) is 55.4 Å². The lowest BCUT2D eigenvalue weighted by atomic mass is 10.0. The zero-order valence-electron chi connectivity index (χ0n) is 13.7. The smallest absolute Gasteiger partial charge is 0.258 e. The van der Waals surface area contributed by atoms with Crippen molar-refractivity contribution in [3.8, 4) is 5.75 Å². The van der Waals surface area contributed by atoms with Gasteiger partial charge in [-0.2, -0.15) is 0 Å². The fourth-order valence-electron chi connectivity index (χ4n) is 2.71. The molecular formula is C20H21NO3. The first-order valence-corrected chi connectivity index (χ1v) is 8.21. The van der Waals surface area contributed by atoms with E-state index in [0.717, 1.165) is 18.4 Å². The van der Waals surface area contributed by atoms with Crippen molar-refractivity contribution >= 4 is 11.7 Å². The minimum atomic E-state index is -0.133. The fraction of sp³-hybridized carbons (Fsp3) is 0.300. The maximum absolute atomic E-state index is 12.2. The molecule has 1 aliphatic rings. The number of nitrogens with one attached hydrogen (secondary N) is 1. The molecule has 1 N–H and O–H groups in total. The van der Waals surface area contributed by atoms with Crippen LogP contribution in [0, 0.1) is 5.92 Å².